The van der Waals surface area contributed by atoms with Crippen molar-refractivity contribution in [2.75, 3.05) is 45.2 Å². The first kappa shape index (κ1) is 40.5. The molecule has 4 heterocycles. The van der Waals surface area contributed by atoms with Crippen LogP contribution >= 0.6 is 23.4 Å². The number of fused-ring (bicyclic) bond motifs is 5. The second-order valence-corrected chi connectivity index (χ2v) is 15.2. The number of amides is 3. The minimum atomic E-state index is -1.83. The van der Waals surface area contributed by atoms with Gasteiger partial charge in [0.2, 0.25) is 17.6 Å². The van der Waals surface area contributed by atoms with Gasteiger partial charge in [-0.25, -0.2) is 9.59 Å². The average Bonchev–Trinajstić information content (AvgIpc) is 3.06. The molecule has 2 saturated heterocycles. The van der Waals surface area contributed by atoms with Crippen molar-refractivity contribution in [1.29, 1.82) is 0 Å². The topological polar surface area (TPSA) is 153 Å². The van der Waals surface area contributed by atoms with Gasteiger partial charge >= 0.3 is 12.1 Å². The molecule has 7 atom stereocenters. The number of likely N-dealkylation sites (N-methyl/N-ethyl adjacent to an activating group) is 1. The van der Waals surface area contributed by atoms with Crippen molar-refractivity contribution in [2.45, 2.75) is 95.2 Å². The molecule has 1 aromatic carbocycles. The summed E-state index contributed by atoms with van der Waals surface area (Å²) in [6.45, 7) is 7.04. The van der Waals surface area contributed by atoms with Crippen molar-refractivity contribution < 1.29 is 48.0 Å². The Kier molecular flexibility index (Phi) is 12.8. The van der Waals surface area contributed by atoms with E-state index in [2.05, 4.69) is 5.32 Å². The van der Waals surface area contributed by atoms with Crippen LogP contribution in [0.2, 0.25) is 5.02 Å². The van der Waals surface area contributed by atoms with Crippen molar-refractivity contribution in [3.63, 3.8) is 0 Å². The Labute approximate surface area is 308 Å². The molecular weight excluding hydrogens is 702 g/mol. The molecule has 3 amide bonds. The zero-order valence-corrected chi connectivity index (χ0v) is 32.3. The second kappa shape index (κ2) is 16.2. The lowest BCUT2D eigenvalue weighted by molar-refractivity contribution is -0.381. The van der Waals surface area contributed by atoms with E-state index in [1.807, 2.05) is 19.3 Å². The number of methoxy groups -OCH3 is 2. The van der Waals surface area contributed by atoms with Gasteiger partial charge in [-0.15, -0.1) is 0 Å². The molecule has 5 rings (SSSR count). The van der Waals surface area contributed by atoms with E-state index >= 15 is 0 Å². The third-order valence-electron chi connectivity index (χ3n) is 10.1. The number of rotatable bonds is 8. The molecule has 0 radical (unpaired) electrons. The van der Waals surface area contributed by atoms with Gasteiger partial charge in [-0.1, -0.05) is 42.3 Å². The molecule has 15 heteroatoms. The summed E-state index contributed by atoms with van der Waals surface area (Å²) in [5.41, 5.74) is -0.786. The van der Waals surface area contributed by atoms with E-state index in [0.717, 1.165) is 11.1 Å². The van der Waals surface area contributed by atoms with Gasteiger partial charge in [0.25, 0.3) is 0 Å². The molecule has 0 saturated carbocycles. The highest BCUT2D eigenvalue weighted by atomic mass is 35.5. The Morgan fingerprint density at radius 2 is 1.96 bits per heavy atom. The molecule has 282 valence electrons. The maximum atomic E-state index is 14.1. The van der Waals surface area contributed by atoms with Crippen LogP contribution in [0.15, 0.2) is 35.9 Å². The van der Waals surface area contributed by atoms with Gasteiger partial charge in [-0.2, -0.15) is 11.8 Å². The SMILES string of the molecule is COc1cc2cc(c1Cl)N(C)C(=O)C[C@]1(OC(=O)[C@@H](C)N(C)C(=O)CCSC)CC(C)(O1)[C@H](C)[C@@H]1C[C@](O)(NC(=O)O1)[C@H](OC)/C=C/C=C(/C)C2. The van der Waals surface area contributed by atoms with Gasteiger partial charge < -0.3 is 38.6 Å². The first-order chi connectivity index (χ1) is 23.9. The van der Waals surface area contributed by atoms with Crippen LogP contribution in [0.25, 0.3) is 0 Å². The van der Waals surface area contributed by atoms with Gasteiger partial charge in [-0.3, -0.25) is 14.9 Å². The van der Waals surface area contributed by atoms with Gasteiger partial charge in [0.1, 0.15) is 29.0 Å². The third kappa shape index (κ3) is 8.85. The second-order valence-electron chi connectivity index (χ2n) is 13.8. The number of allylic oxidation sites excluding steroid dienone is 3. The highest BCUT2D eigenvalue weighted by molar-refractivity contribution is 7.98. The fourth-order valence-corrected chi connectivity index (χ4v) is 7.45. The maximum Gasteiger partial charge on any atom is 0.409 e. The summed E-state index contributed by atoms with van der Waals surface area (Å²) >= 11 is 8.26. The number of nitrogens with one attached hydrogen (secondary N) is 1. The molecule has 51 heavy (non-hydrogen) atoms. The quantitative estimate of drug-likeness (QED) is 0.358. The normalized spacial score (nSPS) is 31.9. The Morgan fingerprint density at radius 1 is 1.27 bits per heavy atom. The van der Waals surface area contributed by atoms with E-state index in [9.17, 15) is 24.3 Å². The minimum absolute atomic E-state index is 0.0388. The zero-order valence-electron chi connectivity index (χ0n) is 30.7. The first-order valence-electron chi connectivity index (χ1n) is 16.8. The summed E-state index contributed by atoms with van der Waals surface area (Å²) in [5, 5.41) is 14.5. The molecule has 2 N–H and O–H groups in total. The van der Waals surface area contributed by atoms with E-state index < -0.39 is 59.3 Å². The first-order valence-corrected chi connectivity index (χ1v) is 18.6. The highest BCUT2D eigenvalue weighted by Gasteiger charge is 2.63. The number of nitrogens with zero attached hydrogens (tertiary/aromatic N) is 2. The molecule has 1 unspecified atom stereocenters. The van der Waals surface area contributed by atoms with Crippen LogP contribution in [0.4, 0.5) is 10.5 Å². The molecule has 6 bridgehead atoms. The summed E-state index contributed by atoms with van der Waals surface area (Å²) in [4.78, 5) is 56.0. The standard InChI is InChI=1S/C36H50ClN3O10S/c1-21-11-10-12-28(47-8)36(45)18-27(48-33(44)38-36)22(2)34(4)20-35(50-34,49-32(43)23(3)39(5)29(41)13-14-51-9)19-30(42)40(6)25-16-24(15-21)17-26(46-7)31(25)37/h10-12,16-17,22-23,27-28,45H,13-15,18-20H2,1-9H3,(H,38,44)/b12-10+,21-11-/t22-,23-,27+,28-,34?,35-,36-/m1/s1. The predicted octanol–water partition coefficient (Wildman–Crippen LogP) is 4.62. The molecule has 1 aromatic rings. The fraction of sp³-hybridized carbons (Fsp3) is 0.611. The number of halogens is 1. The Morgan fingerprint density at radius 3 is 2.59 bits per heavy atom. The van der Waals surface area contributed by atoms with E-state index in [-0.39, 0.29) is 36.6 Å². The van der Waals surface area contributed by atoms with Crippen LogP contribution in [-0.2, 0) is 39.8 Å². The molecule has 13 nitrogen and oxygen atoms in total. The van der Waals surface area contributed by atoms with Crippen LogP contribution in [0.5, 0.6) is 5.75 Å². The number of carbonyl (C=O) groups excluding carboxylic acids is 4. The summed E-state index contributed by atoms with van der Waals surface area (Å²) < 4.78 is 29.4. The summed E-state index contributed by atoms with van der Waals surface area (Å²) in [6, 6.07) is 2.60. The van der Waals surface area contributed by atoms with E-state index in [1.165, 1.54) is 42.8 Å². The highest BCUT2D eigenvalue weighted by Crippen LogP contribution is 2.52. The van der Waals surface area contributed by atoms with E-state index in [0.29, 0.717) is 23.6 Å². The van der Waals surface area contributed by atoms with Gasteiger partial charge in [-0.05, 0) is 51.1 Å². The van der Waals surface area contributed by atoms with Crippen LogP contribution in [0.3, 0.4) is 0 Å². The number of aliphatic hydroxyl groups is 1. The number of thioether (sulfide) groups is 1. The number of anilines is 1. The molecule has 2 fully saturated rings. The number of carbonyl (C=O) groups is 4. The van der Waals surface area contributed by atoms with Crippen molar-refractivity contribution in [3.05, 3.63) is 46.5 Å². The van der Waals surface area contributed by atoms with Crippen molar-refractivity contribution >= 4 is 52.9 Å². The lowest BCUT2D eigenvalue weighted by atomic mass is 9.73. The zero-order chi connectivity index (χ0) is 37.9. The van der Waals surface area contributed by atoms with Crippen LogP contribution < -0.4 is 15.0 Å². The Bertz CT molecular complexity index is 1560. The number of benzene rings is 1. The van der Waals surface area contributed by atoms with Crippen LogP contribution in [0.1, 0.15) is 58.9 Å². The smallest absolute Gasteiger partial charge is 0.409 e. The monoisotopic (exact) mass is 751 g/mol. The van der Waals surface area contributed by atoms with E-state index in [4.69, 9.17) is 35.3 Å². The average molecular weight is 752 g/mol. The number of hydrogen-bond acceptors (Lipinski definition) is 11. The van der Waals surface area contributed by atoms with Crippen LogP contribution in [-0.4, -0.2) is 110 Å². The van der Waals surface area contributed by atoms with Crippen molar-refractivity contribution in [2.24, 2.45) is 5.92 Å². The van der Waals surface area contributed by atoms with Gasteiger partial charge in [0.15, 0.2) is 5.72 Å². The lowest BCUT2D eigenvalue weighted by Gasteiger charge is -2.57. The Hall–Kier alpha value is -3.30. The number of alkyl carbamates (subject to hydrolysis) is 1. The van der Waals surface area contributed by atoms with Crippen LogP contribution in [0, 0.1) is 5.92 Å². The molecule has 4 aliphatic heterocycles. The van der Waals surface area contributed by atoms with E-state index in [1.54, 1.807) is 52.1 Å². The number of ether oxygens (including phenoxy) is 5. The van der Waals surface area contributed by atoms with Crippen molar-refractivity contribution in [1.82, 2.24) is 10.2 Å². The summed E-state index contributed by atoms with van der Waals surface area (Å²) in [7, 11) is 6.01. The molecule has 4 aliphatic rings. The molecule has 0 aliphatic carbocycles. The predicted molar refractivity (Wildman–Crippen MR) is 194 cm³/mol. The van der Waals surface area contributed by atoms with Gasteiger partial charge in [0.05, 0.1) is 24.8 Å². The molecule has 0 spiro atoms. The largest absolute Gasteiger partial charge is 0.495 e. The number of hydrogen-bond donors (Lipinski definition) is 2. The fourth-order valence-electron chi connectivity index (χ4n) is 6.76. The lowest BCUT2D eigenvalue weighted by Crippen LogP contribution is -2.69. The summed E-state index contributed by atoms with van der Waals surface area (Å²) in [5.74, 6) is -2.76. The number of esters is 1. The maximum absolute atomic E-state index is 14.1. The molecular formula is C36H50ClN3O10S. The Balaban J connectivity index is 1.77. The molecule has 0 aromatic heterocycles. The summed E-state index contributed by atoms with van der Waals surface area (Å²) in [6.07, 6.45) is 4.83. The minimum Gasteiger partial charge on any atom is -0.495 e. The van der Waals surface area contributed by atoms with Crippen molar-refractivity contribution in [3.8, 4) is 5.75 Å². The third-order valence-corrected chi connectivity index (χ3v) is 11.1. The van der Waals surface area contributed by atoms with Gasteiger partial charge in [0, 0.05) is 52.1 Å².